The van der Waals surface area contributed by atoms with E-state index < -0.39 is 0 Å². The van der Waals surface area contributed by atoms with E-state index in [0.717, 1.165) is 13.1 Å². The van der Waals surface area contributed by atoms with Gasteiger partial charge in [0.15, 0.2) is 0 Å². The Bertz CT molecular complexity index is 358. The lowest BCUT2D eigenvalue weighted by Crippen LogP contribution is -2.45. The van der Waals surface area contributed by atoms with Crippen LogP contribution in [0.4, 0.5) is 0 Å². The summed E-state index contributed by atoms with van der Waals surface area (Å²) in [5.41, 5.74) is 1.35. The third-order valence-electron chi connectivity index (χ3n) is 4.07. The van der Waals surface area contributed by atoms with Crippen LogP contribution in [0.5, 0.6) is 0 Å². The second-order valence-corrected chi connectivity index (χ2v) is 5.25. The van der Waals surface area contributed by atoms with Crippen molar-refractivity contribution >= 4 is 0 Å². The summed E-state index contributed by atoms with van der Waals surface area (Å²) in [6.45, 7) is 7.70. The molecule has 0 aromatic carbocycles. The molecule has 4 heteroatoms. The predicted molar refractivity (Wildman–Crippen MR) is 74.6 cm³/mol. The van der Waals surface area contributed by atoms with Crippen molar-refractivity contribution in [2.75, 3.05) is 20.1 Å². The number of rotatable bonds is 5. The van der Waals surface area contributed by atoms with Crippen LogP contribution in [0.2, 0.25) is 0 Å². The van der Waals surface area contributed by atoms with E-state index in [4.69, 9.17) is 0 Å². The zero-order chi connectivity index (χ0) is 13.0. The number of nitrogens with one attached hydrogen (secondary N) is 1. The molecule has 1 aliphatic heterocycles. The van der Waals surface area contributed by atoms with E-state index in [0.29, 0.717) is 12.1 Å². The molecule has 1 aromatic rings. The van der Waals surface area contributed by atoms with Crippen LogP contribution in [-0.2, 0) is 6.54 Å². The first-order valence-electron chi connectivity index (χ1n) is 7.19. The molecule has 1 aromatic heterocycles. The van der Waals surface area contributed by atoms with E-state index in [1.54, 1.807) is 0 Å². The van der Waals surface area contributed by atoms with Gasteiger partial charge in [0.1, 0.15) is 0 Å². The van der Waals surface area contributed by atoms with Gasteiger partial charge in [-0.15, -0.1) is 0 Å². The molecular formula is C14H26N4. The number of hydrogen-bond acceptors (Lipinski definition) is 3. The zero-order valence-corrected chi connectivity index (χ0v) is 11.9. The molecular weight excluding hydrogens is 224 g/mol. The topological polar surface area (TPSA) is 33.1 Å². The first-order valence-corrected chi connectivity index (χ1v) is 7.19. The number of aromatic nitrogens is 2. The fraction of sp³-hybridized carbons (Fsp3) is 0.786. The highest BCUT2D eigenvalue weighted by Crippen LogP contribution is 2.27. The highest BCUT2D eigenvalue weighted by molar-refractivity contribution is 5.10. The van der Waals surface area contributed by atoms with Crippen molar-refractivity contribution in [1.82, 2.24) is 20.0 Å². The molecule has 0 bridgehead atoms. The third-order valence-corrected chi connectivity index (χ3v) is 4.07. The molecule has 4 nitrogen and oxygen atoms in total. The average Bonchev–Trinajstić information content (AvgIpc) is 2.88. The van der Waals surface area contributed by atoms with Gasteiger partial charge in [0.2, 0.25) is 0 Å². The van der Waals surface area contributed by atoms with E-state index >= 15 is 0 Å². The number of likely N-dealkylation sites (tertiary alicyclic amines) is 1. The molecule has 2 atom stereocenters. The van der Waals surface area contributed by atoms with Crippen molar-refractivity contribution in [2.24, 2.45) is 0 Å². The third kappa shape index (κ3) is 2.93. The molecule has 2 unspecified atom stereocenters. The van der Waals surface area contributed by atoms with E-state index in [9.17, 15) is 0 Å². The van der Waals surface area contributed by atoms with Crippen molar-refractivity contribution in [1.29, 1.82) is 0 Å². The zero-order valence-electron chi connectivity index (χ0n) is 11.9. The van der Waals surface area contributed by atoms with Crippen LogP contribution in [0.15, 0.2) is 12.4 Å². The predicted octanol–water partition coefficient (Wildman–Crippen LogP) is 2.04. The lowest BCUT2D eigenvalue weighted by atomic mass is 9.98. The van der Waals surface area contributed by atoms with E-state index in [1.807, 2.05) is 17.9 Å². The largest absolute Gasteiger partial charge is 0.318 e. The minimum absolute atomic E-state index is 0.476. The summed E-state index contributed by atoms with van der Waals surface area (Å²) in [6.07, 6.45) is 8.22. The number of likely N-dealkylation sites (N-methyl/N-ethyl adjacent to an activating group) is 1. The van der Waals surface area contributed by atoms with Crippen LogP contribution in [0.25, 0.3) is 0 Å². The van der Waals surface area contributed by atoms with Gasteiger partial charge in [-0.2, -0.15) is 5.10 Å². The van der Waals surface area contributed by atoms with Crippen LogP contribution in [0, 0.1) is 0 Å². The van der Waals surface area contributed by atoms with Crippen molar-refractivity contribution in [3.63, 3.8) is 0 Å². The van der Waals surface area contributed by atoms with Crippen molar-refractivity contribution in [3.05, 3.63) is 18.0 Å². The quantitative estimate of drug-likeness (QED) is 0.868. The summed E-state index contributed by atoms with van der Waals surface area (Å²) in [5, 5.41) is 7.72. The number of aryl methyl sites for hydroxylation is 1. The van der Waals surface area contributed by atoms with Gasteiger partial charge in [-0.05, 0) is 40.3 Å². The minimum atomic E-state index is 0.476. The van der Waals surface area contributed by atoms with Gasteiger partial charge in [0.25, 0.3) is 0 Å². The smallest absolute Gasteiger partial charge is 0.0537 e. The molecule has 1 saturated heterocycles. The second-order valence-electron chi connectivity index (χ2n) is 5.25. The van der Waals surface area contributed by atoms with Gasteiger partial charge in [-0.25, -0.2) is 0 Å². The first kappa shape index (κ1) is 13.6. The molecule has 102 valence electrons. The van der Waals surface area contributed by atoms with Gasteiger partial charge in [-0.1, -0.05) is 6.42 Å². The Morgan fingerprint density at radius 2 is 2.33 bits per heavy atom. The molecule has 0 amide bonds. The SMILES string of the molecule is CCn1cc(C(C)N2CCCCC2CNC)cn1. The Hall–Kier alpha value is -0.870. The van der Waals surface area contributed by atoms with Gasteiger partial charge >= 0.3 is 0 Å². The number of nitrogens with zero attached hydrogens (tertiary/aromatic N) is 3. The molecule has 1 fully saturated rings. The fourth-order valence-electron chi connectivity index (χ4n) is 2.95. The van der Waals surface area contributed by atoms with Gasteiger partial charge < -0.3 is 5.32 Å². The summed E-state index contributed by atoms with van der Waals surface area (Å²) in [7, 11) is 2.05. The molecule has 1 aliphatic rings. The maximum absolute atomic E-state index is 4.40. The summed E-state index contributed by atoms with van der Waals surface area (Å²) in [4.78, 5) is 2.64. The van der Waals surface area contributed by atoms with Gasteiger partial charge in [0, 0.05) is 36.9 Å². The van der Waals surface area contributed by atoms with E-state index in [-0.39, 0.29) is 0 Å². The molecule has 0 saturated carbocycles. The van der Waals surface area contributed by atoms with Crippen molar-refractivity contribution < 1.29 is 0 Å². The molecule has 0 spiro atoms. The van der Waals surface area contributed by atoms with Crippen LogP contribution >= 0.6 is 0 Å². The molecule has 18 heavy (non-hydrogen) atoms. The van der Waals surface area contributed by atoms with E-state index in [2.05, 4.69) is 35.4 Å². The Morgan fingerprint density at radius 3 is 3.00 bits per heavy atom. The summed E-state index contributed by atoms with van der Waals surface area (Å²) < 4.78 is 2.02. The second kappa shape index (κ2) is 6.34. The number of hydrogen-bond donors (Lipinski definition) is 1. The summed E-state index contributed by atoms with van der Waals surface area (Å²) >= 11 is 0. The molecule has 0 aliphatic carbocycles. The maximum Gasteiger partial charge on any atom is 0.0537 e. The molecule has 2 heterocycles. The van der Waals surface area contributed by atoms with Crippen molar-refractivity contribution in [3.8, 4) is 0 Å². The monoisotopic (exact) mass is 250 g/mol. The minimum Gasteiger partial charge on any atom is -0.318 e. The molecule has 0 radical (unpaired) electrons. The Kier molecular flexibility index (Phi) is 4.78. The fourth-order valence-corrected chi connectivity index (χ4v) is 2.95. The standard InChI is InChI=1S/C14H26N4/c1-4-17-11-13(9-16-17)12(2)18-8-6-5-7-14(18)10-15-3/h9,11-12,14-15H,4-8,10H2,1-3H3. The van der Waals surface area contributed by atoms with E-state index in [1.165, 1.54) is 31.4 Å². The lowest BCUT2D eigenvalue weighted by molar-refractivity contribution is 0.103. The molecule has 1 N–H and O–H groups in total. The molecule has 2 rings (SSSR count). The van der Waals surface area contributed by atoms with Gasteiger partial charge in [-0.3, -0.25) is 9.58 Å². The van der Waals surface area contributed by atoms with Crippen molar-refractivity contribution in [2.45, 2.75) is 51.7 Å². The Morgan fingerprint density at radius 1 is 1.50 bits per heavy atom. The van der Waals surface area contributed by atoms with Gasteiger partial charge in [0.05, 0.1) is 6.20 Å². The Labute approximate surface area is 110 Å². The highest BCUT2D eigenvalue weighted by atomic mass is 15.3. The van der Waals surface area contributed by atoms with Crippen LogP contribution in [-0.4, -0.2) is 40.9 Å². The summed E-state index contributed by atoms with van der Waals surface area (Å²) in [5.74, 6) is 0. The van der Waals surface area contributed by atoms with Crippen LogP contribution in [0.1, 0.15) is 44.7 Å². The first-order chi connectivity index (χ1) is 8.76. The maximum atomic E-state index is 4.40. The van der Waals surface area contributed by atoms with Crippen LogP contribution < -0.4 is 5.32 Å². The Balaban J connectivity index is 2.07. The average molecular weight is 250 g/mol. The lowest BCUT2D eigenvalue weighted by Gasteiger charge is -2.39. The van der Waals surface area contributed by atoms with Crippen LogP contribution in [0.3, 0.4) is 0 Å². The number of piperidine rings is 1. The highest BCUT2D eigenvalue weighted by Gasteiger charge is 2.27. The summed E-state index contributed by atoms with van der Waals surface area (Å²) in [6, 6.07) is 1.15. The normalized spacial score (nSPS) is 23.2.